The van der Waals surface area contributed by atoms with Crippen molar-refractivity contribution in [2.24, 2.45) is 11.8 Å². The number of aromatic nitrogens is 3. The molecule has 5 nitrogen and oxygen atoms in total. The van der Waals surface area contributed by atoms with Crippen LogP contribution in [0.5, 0.6) is 0 Å². The van der Waals surface area contributed by atoms with Gasteiger partial charge in [-0.15, -0.1) is 0 Å². The molecule has 2 saturated carbocycles. The lowest BCUT2D eigenvalue weighted by Gasteiger charge is -2.18. The molecule has 0 saturated heterocycles. The average Bonchev–Trinajstić information content (AvgIpc) is 3.35. The van der Waals surface area contributed by atoms with Crippen molar-refractivity contribution in [3.05, 3.63) is 12.2 Å². The summed E-state index contributed by atoms with van der Waals surface area (Å²) in [5.41, 5.74) is 0. The molecule has 1 heterocycles. The molecule has 1 aromatic heterocycles. The van der Waals surface area contributed by atoms with Gasteiger partial charge in [-0.05, 0) is 50.2 Å². The summed E-state index contributed by atoms with van der Waals surface area (Å²) in [5.74, 6) is 4.16. The molecular formula is C14H22N4OS. The number of rotatable bonds is 8. The highest BCUT2D eigenvalue weighted by Gasteiger charge is 2.36. The van der Waals surface area contributed by atoms with Crippen LogP contribution in [0.25, 0.3) is 0 Å². The van der Waals surface area contributed by atoms with Gasteiger partial charge in [0.05, 0.1) is 11.8 Å². The minimum absolute atomic E-state index is 0.0477. The van der Waals surface area contributed by atoms with E-state index in [9.17, 15) is 4.79 Å². The summed E-state index contributed by atoms with van der Waals surface area (Å²) >= 11 is 1.76. The summed E-state index contributed by atoms with van der Waals surface area (Å²) in [6.45, 7) is 2.85. The third kappa shape index (κ3) is 3.53. The predicted molar refractivity (Wildman–Crippen MR) is 79.4 cm³/mol. The lowest BCUT2D eigenvalue weighted by molar-refractivity contribution is -0.119. The molecule has 0 bridgehead atoms. The van der Waals surface area contributed by atoms with Crippen LogP contribution in [0, 0.1) is 11.8 Å². The largest absolute Gasteiger partial charge is 0.345 e. The minimum Gasteiger partial charge on any atom is -0.345 e. The van der Waals surface area contributed by atoms with Gasteiger partial charge in [-0.3, -0.25) is 4.79 Å². The van der Waals surface area contributed by atoms with E-state index in [0.717, 1.165) is 24.0 Å². The van der Waals surface area contributed by atoms with Gasteiger partial charge in [0, 0.05) is 6.54 Å². The van der Waals surface area contributed by atoms with E-state index >= 15 is 0 Å². The van der Waals surface area contributed by atoms with E-state index in [4.69, 9.17) is 0 Å². The SMILES string of the molecule is CCn1ncnc1C(NC(=O)CSCC1CC1)C1CC1. The van der Waals surface area contributed by atoms with Crippen LogP contribution in [0.15, 0.2) is 6.33 Å². The van der Waals surface area contributed by atoms with Crippen LogP contribution in [0.4, 0.5) is 0 Å². The molecular weight excluding hydrogens is 272 g/mol. The van der Waals surface area contributed by atoms with E-state index in [1.54, 1.807) is 18.1 Å². The van der Waals surface area contributed by atoms with Crippen LogP contribution in [0.3, 0.4) is 0 Å². The van der Waals surface area contributed by atoms with Crippen LogP contribution in [-0.2, 0) is 11.3 Å². The second-order valence-corrected chi connectivity index (χ2v) is 6.81. The zero-order valence-corrected chi connectivity index (χ0v) is 12.7. The fraction of sp³-hybridized carbons (Fsp3) is 0.786. The third-order valence-corrected chi connectivity index (χ3v) is 5.09. The molecule has 1 atom stereocenters. The summed E-state index contributed by atoms with van der Waals surface area (Å²) in [6.07, 6.45) is 6.63. The number of carbonyl (C=O) groups is 1. The Balaban J connectivity index is 1.55. The first-order valence-corrected chi connectivity index (χ1v) is 8.68. The summed E-state index contributed by atoms with van der Waals surface area (Å²) in [6, 6.07) is 0.0477. The third-order valence-electron chi connectivity index (χ3n) is 3.92. The number of thioether (sulfide) groups is 1. The number of hydrogen-bond acceptors (Lipinski definition) is 4. The van der Waals surface area contributed by atoms with Crippen molar-refractivity contribution in [3.8, 4) is 0 Å². The maximum atomic E-state index is 12.1. The summed E-state index contributed by atoms with van der Waals surface area (Å²) in [5, 5.41) is 7.38. The Hall–Kier alpha value is -1.04. The maximum Gasteiger partial charge on any atom is 0.230 e. The van der Waals surface area contributed by atoms with Gasteiger partial charge in [0.25, 0.3) is 0 Å². The highest BCUT2D eigenvalue weighted by molar-refractivity contribution is 7.99. The molecule has 2 aliphatic carbocycles. The zero-order chi connectivity index (χ0) is 13.9. The van der Waals surface area contributed by atoms with E-state index in [-0.39, 0.29) is 11.9 Å². The number of hydrogen-bond donors (Lipinski definition) is 1. The zero-order valence-electron chi connectivity index (χ0n) is 11.9. The van der Waals surface area contributed by atoms with Crippen LogP contribution in [-0.4, -0.2) is 32.2 Å². The number of carbonyl (C=O) groups excluding carboxylic acids is 1. The van der Waals surface area contributed by atoms with E-state index in [2.05, 4.69) is 22.3 Å². The molecule has 2 fully saturated rings. The molecule has 2 aliphatic rings. The van der Waals surface area contributed by atoms with Crippen LogP contribution < -0.4 is 5.32 Å². The molecule has 0 aliphatic heterocycles. The van der Waals surface area contributed by atoms with Gasteiger partial charge in [0.15, 0.2) is 0 Å². The fourth-order valence-electron chi connectivity index (χ4n) is 2.40. The highest BCUT2D eigenvalue weighted by Crippen LogP contribution is 2.40. The molecule has 3 rings (SSSR count). The molecule has 1 aromatic rings. The van der Waals surface area contributed by atoms with E-state index in [1.807, 2.05) is 4.68 Å². The Kier molecular flexibility index (Phi) is 4.29. The second kappa shape index (κ2) is 6.16. The molecule has 20 heavy (non-hydrogen) atoms. The molecule has 6 heteroatoms. The first kappa shape index (κ1) is 13.9. The Morgan fingerprint density at radius 1 is 1.50 bits per heavy atom. The monoisotopic (exact) mass is 294 g/mol. The maximum absolute atomic E-state index is 12.1. The van der Waals surface area contributed by atoms with Gasteiger partial charge < -0.3 is 5.32 Å². The van der Waals surface area contributed by atoms with Gasteiger partial charge in [0.2, 0.25) is 5.91 Å². The quantitative estimate of drug-likeness (QED) is 0.797. The topological polar surface area (TPSA) is 59.8 Å². The van der Waals surface area contributed by atoms with Crippen molar-refractivity contribution >= 4 is 17.7 Å². The second-order valence-electron chi connectivity index (χ2n) is 5.78. The number of amides is 1. The molecule has 1 unspecified atom stereocenters. The summed E-state index contributed by atoms with van der Waals surface area (Å²) in [4.78, 5) is 16.4. The normalized spacial score (nSPS) is 19.9. The highest BCUT2D eigenvalue weighted by atomic mass is 32.2. The Bertz CT molecular complexity index is 467. The molecule has 1 N–H and O–H groups in total. The van der Waals surface area contributed by atoms with Crippen LogP contribution in [0.2, 0.25) is 0 Å². The molecule has 1 amide bonds. The van der Waals surface area contributed by atoms with Crippen molar-refractivity contribution in [1.29, 1.82) is 0 Å². The van der Waals surface area contributed by atoms with Crippen molar-refractivity contribution in [1.82, 2.24) is 20.1 Å². The summed E-state index contributed by atoms with van der Waals surface area (Å²) in [7, 11) is 0. The minimum atomic E-state index is 0.0477. The Morgan fingerprint density at radius 2 is 2.30 bits per heavy atom. The first-order valence-electron chi connectivity index (χ1n) is 7.52. The predicted octanol–water partition coefficient (Wildman–Crippen LogP) is 2.01. The van der Waals surface area contributed by atoms with Gasteiger partial charge in [-0.1, -0.05) is 0 Å². The van der Waals surface area contributed by atoms with E-state index in [1.165, 1.54) is 25.7 Å². The summed E-state index contributed by atoms with van der Waals surface area (Å²) < 4.78 is 1.89. The van der Waals surface area contributed by atoms with Crippen molar-refractivity contribution in [2.75, 3.05) is 11.5 Å². The van der Waals surface area contributed by atoms with Crippen molar-refractivity contribution in [2.45, 2.75) is 45.2 Å². The van der Waals surface area contributed by atoms with Crippen LogP contribution in [0.1, 0.15) is 44.5 Å². The van der Waals surface area contributed by atoms with Gasteiger partial charge >= 0.3 is 0 Å². The van der Waals surface area contributed by atoms with Crippen LogP contribution >= 0.6 is 11.8 Å². The molecule has 0 aromatic carbocycles. The molecule has 0 spiro atoms. The van der Waals surface area contributed by atoms with Gasteiger partial charge in [-0.2, -0.15) is 16.9 Å². The average molecular weight is 294 g/mol. The lowest BCUT2D eigenvalue weighted by atomic mass is 10.1. The van der Waals surface area contributed by atoms with Crippen molar-refractivity contribution in [3.63, 3.8) is 0 Å². The van der Waals surface area contributed by atoms with E-state index < -0.39 is 0 Å². The molecule has 110 valence electrons. The molecule has 0 radical (unpaired) electrons. The Labute approximate surface area is 123 Å². The number of aryl methyl sites for hydroxylation is 1. The fourth-order valence-corrected chi connectivity index (χ4v) is 3.45. The Morgan fingerprint density at radius 3 is 2.95 bits per heavy atom. The number of nitrogens with zero attached hydrogens (tertiary/aromatic N) is 3. The van der Waals surface area contributed by atoms with E-state index in [0.29, 0.717) is 11.7 Å². The lowest BCUT2D eigenvalue weighted by Crippen LogP contribution is -2.33. The first-order chi connectivity index (χ1) is 9.78. The smallest absolute Gasteiger partial charge is 0.230 e. The van der Waals surface area contributed by atoms with Gasteiger partial charge in [-0.25, -0.2) is 9.67 Å². The van der Waals surface area contributed by atoms with Crippen molar-refractivity contribution < 1.29 is 4.79 Å². The standard InChI is InChI=1S/C14H22N4OS/c1-2-18-14(15-9-16-18)13(11-5-6-11)17-12(19)8-20-7-10-3-4-10/h9-11,13H,2-8H2,1H3,(H,17,19). The number of nitrogens with one attached hydrogen (secondary N) is 1. The van der Waals surface area contributed by atoms with Gasteiger partial charge in [0.1, 0.15) is 12.2 Å².